The third kappa shape index (κ3) is 2.38. The van der Waals surface area contributed by atoms with E-state index >= 15 is 0 Å². The number of phenols is 1. The van der Waals surface area contributed by atoms with Gasteiger partial charge in [-0.1, -0.05) is 42.5 Å². The number of ether oxygens (including phenoxy) is 1. The quantitative estimate of drug-likeness (QED) is 0.563. The molecule has 6 aliphatic rings. The number of aromatic hydroxyl groups is 1. The Kier molecular flexibility index (Phi) is 3.74. The molecule has 188 valence electrons. The normalized spacial score (nSPS) is 37.1. The van der Waals surface area contributed by atoms with Gasteiger partial charge in [0.05, 0.1) is 11.0 Å². The minimum Gasteiger partial charge on any atom is -0.504 e. The molecule has 1 saturated heterocycles. The average Bonchev–Trinajstić information content (AvgIpc) is 3.51. The number of phenolic OH excluding ortho intramolecular Hbond substituents is 1. The van der Waals surface area contributed by atoms with Crippen molar-refractivity contribution in [2.45, 2.75) is 68.1 Å². The molecule has 0 amide bonds. The van der Waals surface area contributed by atoms with E-state index in [1.807, 2.05) is 6.07 Å². The van der Waals surface area contributed by atoms with Crippen molar-refractivity contribution in [2.75, 3.05) is 13.1 Å². The molecule has 2 saturated carbocycles. The Balaban J connectivity index is 1.24. The third-order valence-corrected chi connectivity index (χ3v) is 11.1. The van der Waals surface area contributed by atoms with Gasteiger partial charge < -0.3 is 14.9 Å². The number of hydrogen-bond donors (Lipinski definition) is 2. The zero-order chi connectivity index (χ0) is 24.7. The van der Waals surface area contributed by atoms with E-state index in [9.17, 15) is 15.0 Å². The molecule has 2 bridgehead atoms. The molecule has 4 unspecified atom stereocenters. The predicted octanol–water partition coefficient (Wildman–Crippen LogP) is 4.07. The van der Waals surface area contributed by atoms with Crippen LogP contribution in [0.4, 0.5) is 0 Å². The summed E-state index contributed by atoms with van der Waals surface area (Å²) in [6.07, 6.45) is 4.99. The van der Waals surface area contributed by atoms with Crippen molar-refractivity contribution >= 4 is 16.6 Å². The number of Topliss-reactive ketones (excluding diaryl/α,β-unsaturated/α-hetero) is 1. The molecule has 3 aromatic carbocycles. The van der Waals surface area contributed by atoms with E-state index in [4.69, 9.17) is 4.74 Å². The first kappa shape index (κ1) is 21.1. The van der Waals surface area contributed by atoms with E-state index in [1.165, 1.54) is 34.7 Å². The molecule has 2 spiro atoms. The highest BCUT2D eigenvalue weighted by atomic mass is 16.5. The van der Waals surface area contributed by atoms with Crippen molar-refractivity contribution in [1.82, 2.24) is 4.90 Å². The number of likely N-dealkylation sites (tertiary alicyclic amines) is 1. The Morgan fingerprint density at radius 2 is 1.86 bits per heavy atom. The van der Waals surface area contributed by atoms with Crippen LogP contribution in [-0.2, 0) is 29.5 Å². The zero-order valence-electron chi connectivity index (χ0n) is 20.9. The largest absolute Gasteiger partial charge is 0.504 e. The van der Waals surface area contributed by atoms with Crippen LogP contribution in [0.25, 0.3) is 10.8 Å². The summed E-state index contributed by atoms with van der Waals surface area (Å²) in [5, 5.41) is 26.3. The zero-order valence-corrected chi connectivity index (χ0v) is 20.9. The average molecular weight is 494 g/mol. The summed E-state index contributed by atoms with van der Waals surface area (Å²) in [7, 11) is 0. The maximum atomic E-state index is 14.7. The summed E-state index contributed by atoms with van der Waals surface area (Å²) < 4.78 is 6.51. The molecule has 0 radical (unpaired) electrons. The van der Waals surface area contributed by atoms with Crippen LogP contribution >= 0.6 is 0 Å². The maximum absolute atomic E-state index is 14.7. The van der Waals surface area contributed by atoms with Gasteiger partial charge in [-0.05, 0) is 90.9 Å². The molecule has 3 fully saturated rings. The number of carbonyl (C=O) groups excluding carboxylic acids is 1. The molecular weight excluding hydrogens is 462 g/mol. The molecule has 5 heteroatoms. The first-order valence-corrected chi connectivity index (χ1v) is 14.0. The first-order chi connectivity index (χ1) is 17.9. The number of piperidine rings is 1. The van der Waals surface area contributed by atoms with Gasteiger partial charge in [0, 0.05) is 23.6 Å². The molecule has 4 aliphatic carbocycles. The molecule has 37 heavy (non-hydrogen) atoms. The number of nitrogens with zero attached hydrogens (tertiary/aromatic N) is 1. The summed E-state index contributed by atoms with van der Waals surface area (Å²) >= 11 is 0. The van der Waals surface area contributed by atoms with Gasteiger partial charge in [0.15, 0.2) is 23.4 Å². The number of ketones is 1. The second-order valence-corrected chi connectivity index (χ2v) is 12.8. The maximum Gasteiger partial charge on any atom is 0.181 e. The van der Waals surface area contributed by atoms with E-state index in [2.05, 4.69) is 41.3 Å². The smallest absolute Gasteiger partial charge is 0.181 e. The highest BCUT2D eigenvalue weighted by Crippen LogP contribution is 2.68. The van der Waals surface area contributed by atoms with Crippen LogP contribution in [0.5, 0.6) is 11.5 Å². The van der Waals surface area contributed by atoms with Gasteiger partial charge in [-0.15, -0.1) is 0 Å². The summed E-state index contributed by atoms with van der Waals surface area (Å²) in [5.74, 6) is 1.38. The molecule has 9 rings (SSSR count). The SMILES string of the molecule is O=C1C2Oc3c(O)ccc4c3C23CCN(CC2CC2)C(C4)[C@]3(O)CC12Cc1ccc3ccccc3c1C2. The molecule has 0 aromatic heterocycles. The van der Waals surface area contributed by atoms with Crippen LogP contribution in [0.2, 0.25) is 0 Å². The van der Waals surface area contributed by atoms with E-state index in [0.29, 0.717) is 31.4 Å². The number of hydrogen-bond acceptors (Lipinski definition) is 5. The van der Waals surface area contributed by atoms with Crippen molar-refractivity contribution in [3.63, 3.8) is 0 Å². The van der Waals surface area contributed by atoms with Crippen LogP contribution in [0.3, 0.4) is 0 Å². The Hall–Kier alpha value is -2.89. The number of benzene rings is 3. The molecule has 2 aliphatic heterocycles. The van der Waals surface area contributed by atoms with E-state index in [0.717, 1.165) is 36.6 Å². The highest BCUT2D eigenvalue weighted by Gasteiger charge is 2.77. The van der Waals surface area contributed by atoms with Gasteiger partial charge in [-0.2, -0.15) is 0 Å². The van der Waals surface area contributed by atoms with Gasteiger partial charge in [-0.3, -0.25) is 9.69 Å². The van der Waals surface area contributed by atoms with Gasteiger partial charge >= 0.3 is 0 Å². The van der Waals surface area contributed by atoms with Crippen molar-refractivity contribution in [1.29, 1.82) is 0 Å². The van der Waals surface area contributed by atoms with E-state index in [1.54, 1.807) is 6.07 Å². The van der Waals surface area contributed by atoms with Crippen LogP contribution in [0, 0.1) is 11.3 Å². The highest BCUT2D eigenvalue weighted by molar-refractivity contribution is 5.97. The van der Waals surface area contributed by atoms with Crippen LogP contribution in [-0.4, -0.2) is 51.7 Å². The lowest BCUT2D eigenvalue weighted by Gasteiger charge is -2.65. The van der Waals surface area contributed by atoms with Crippen molar-refractivity contribution < 1.29 is 19.7 Å². The first-order valence-electron chi connectivity index (χ1n) is 14.0. The van der Waals surface area contributed by atoms with Crippen LogP contribution in [0.1, 0.15) is 47.9 Å². The molecule has 2 N–H and O–H groups in total. The van der Waals surface area contributed by atoms with Gasteiger partial charge in [-0.25, -0.2) is 0 Å². The standard InChI is InChI=1S/C32H31NO4/c34-24-10-9-20-13-25-32(36)17-30(14-21-8-7-19-3-1-2-4-22(19)23(21)15-30)28(35)29-31(32,26(20)27(24)37-29)11-12-33(25)16-18-5-6-18/h1-4,7-10,18,25,29,34,36H,5-6,11-17H2/t25?,29?,30?,31?,32-/m1/s1. The molecule has 5 atom stereocenters. The van der Waals surface area contributed by atoms with Crippen LogP contribution < -0.4 is 4.74 Å². The van der Waals surface area contributed by atoms with Gasteiger partial charge in [0.2, 0.25) is 0 Å². The number of rotatable bonds is 2. The molecule has 3 aromatic rings. The minimum absolute atomic E-state index is 0.0404. The van der Waals surface area contributed by atoms with E-state index < -0.39 is 22.5 Å². The topological polar surface area (TPSA) is 70.0 Å². The monoisotopic (exact) mass is 493 g/mol. The predicted molar refractivity (Wildman–Crippen MR) is 139 cm³/mol. The number of carbonyl (C=O) groups is 1. The summed E-state index contributed by atoms with van der Waals surface area (Å²) in [5.41, 5.74) is 1.98. The summed E-state index contributed by atoms with van der Waals surface area (Å²) in [6, 6.07) is 16.4. The third-order valence-electron chi connectivity index (χ3n) is 11.1. The Morgan fingerprint density at radius 3 is 2.73 bits per heavy atom. The Morgan fingerprint density at radius 1 is 1.03 bits per heavy atom. The molecular formula is C32H31NO4. The van der Waals surface area contributed by atoms with Crippen molar-refractivity contribution in [3.05, 3.63) is 70.8 Å². The number of aliphatic hydroxyl groups is 1. The Labute approximate surface area is 216 Å². The van der Waals surface area contributed by atoms with Crippen LogP contribution in [0.15, 0.2) is 48.5 Å². The van der Waals surface area contributed by atoms with Gasteiger partial charge in [0.1, 0.15) is 0 Å². The fraction of sp³-hybridized carbons (Fsp3) is 0.469. The van der Waals surface area contributed by atoms with E-state index in [-0.39, 0.29) is 17.6 Å². The summed E-state index contributed by atoms with van der Waals surface area (Å²) in [6.45, 7) is 1.89. The van der Waals surface area contributed by atoms with Crippen molar-refractivity contribution in [2.24, 2.45) is 11.3 Å². The second kappa shape index (κ2) is 6.57. The van der Waals surface area contributed by atoms with Gasteiger partial charge in [0.25, 0.3) is 0 Å². The Bertz CT molecular complexity index is 1540. The lowest BCUT2D eigenvalue weighted by Crippen LogP contribution is -2.79. The summed E-state index contributed by atoms with van der Waals surface area (Å²) in [4.78, 5) is 17.2. The lowest BCUT2D eigenvalue weighted by atomic mass is 9.44. The lowest BCUT2D eigenvalue weighted by molar-refractivity contribution is -0.209. The second-order valence-electron chi connectivity index (χ2n) is 12.8. The van der Waals surface area contributed by atoms with Crippen molar-refractivity contribution in [3.8, 4) is 11.5 Å². The molecule has 2 heterocycles. The fourth-order valence-corrected chi connectivity index (χ4v) is 9.34. The number of fused-ring (bicyclic) bond motifs is 3. The molecule has 5 nitrogen and oxygen atoms in total. The fourth-order valence-electron chi connectivity index (χ4n) is 9.34. The minimum atomic E-state index is -1.08.